The first-order valence-corrected chi connectivity index (χ1v) is 7.27. The fraction of sp³-hybridized carbons (Fsp3) is 1.00. The molecule has 0 N–H and O–H groups in total. The standard InChI is InChI=1S/C15H29N/c1-15(2,3)12-16-10-8-14(9-11-16)13-6-4-5-7-13/h13-14H,4-12H2,1-3H3. The van der Waals surface area contributed by atoms with Crippen molar-refractivity contribution in [3.8, 4) is 0 Å². The summed E-state index contributed by atoms with van der Waals surface area (Å²) in [5.41, 5.74) is 0.472. The van der Waals surface area contributed by atoms with Crippen LogP contribution >= 0.6 is 0 Å². The minimum atomic E-state index is 0.472. The summed E-state index contributed by atoms with van der Waals surface area (Å²) in [5.74, 6) is 2.16. The number of hydrogen-bond donors (Lipinski definition) is 0. The molecular weight excluding hydrogens is 194 g/mol. The molecule has 0 aromatic heterocycles. The minimum absolute atomic E-state index is 0.472. The fourth-order valence-electron chi connectivity index (χ4n) is 3.68. The summed E-state index contributed by atoms with van der Waals surface area (Å²) in [5, 5.41) is 0. The zero-order valence-electron chi connectivity index (χ0n) is 11.5. The highest BCUT2D eigenvalue weighted by Gasteiger charge is 2.29. The van der Waals surface area contributed by atoms with Gasteiger partial charge in [0.1, 0.15) is 0 Å². The molecule has 1 saturated carbocycles. The molecule has 0 aromatic carbocycles. The van der Waals surface area contributed by atoms with E-state index in [1.807, 2.05) is 0 Å². The monoisotopic (exact) mass is 223 g/mol. The van der Waals surface area contributed by atoms with Gasteiger partial charge in [0.25, 0.3) is 0 Å². The van der Waals surface area contributed by atoms with E-state index in [1.54, 1.807) is 0 Å². The van der Waals surface area contributed by atoms with Crippen LogP contribution in [0.15, 0.2) is 0 Å². The van der Waals surface area contributed by atoms with Crippen LogP contribution in [-0.4, -0.2) is 24.5 Å². The third-order valence-corrected chi connectivity index (χ3v) is 4.40. The van der Waals surface area contributed by atoms with Gasteiger partial charge in [0.05, 0.1) is 0 Å². The average Bonchev–Trinajstić information content (AvgIpc) is 2.69. The Labute approximate surface area is 102 Å². The third-order valence-electron chi connectivity index (χ3n) is 4.40. The number of nitrogens with zero attached hydrogens (tertiary/aromatic N) is 1. The van der Waals surface area contributed by atoms with Gasteiger partial charge in [0.2, 0.25) is 0 Å². The van der Waals surface area contributed by atoms with Crippen molar-refractivity contribution in [2.45, 2.75) is 59.3 Å². The minimum Gasteiger partial charge on any atom is -0.303 e. The maximum absolute atomic E-state index is 2.69. The molecule has 94 valence electrons. The second-order valence-electron chi connectivity index (χ2n) is 7.22. The molecule has 2 fully saturated rings. The first-order valence-electron chi connectivity index (χ1n) is 7.27. The van der Waals surface area contributed by atoms with Crippen molar-refractivity contribution < 1.29 is 0 Å². The Morgan fingerprint density at radius 1 is 0.875 bits per heavy atom. The van der Waals surface area contributed by atoms with Crippen molar-refractivity contribution in [1.29, 1.82) is 0 Å². The van der Waals surface area contributed by atoms with Crippen molar-refractivity contribution >= 4 is 0 Å². The van der Waals surface area contributed by atoms with Gasteiger partial charge in [-0.05, 0) is 43.2 Å². The number of rotatable bonds is 2. The maximum atomic E-state index is 2.69. The molecule has 0 atom stereocenters. The average molecular weight is 223 g/mol. The van der Waals surface area contributed by atoms with Gasteiger partial charge < -0.3 is 4.90 Å². The SMILES string of the molecule is CC(C)(C)CN1CCC(C2CCCC2)CC1. The molecule has 2 rings (SSSR count). The van der Waals surface area contributed by atoms with Gasteiger partial charge in [-0.3, -0.25) is 0 Å². The van der Waals surface area contributed by atoms with Gasteiger partial charge in [0, 0.05) is 6.54 Å². The quantitative estimate of drug-likeness (QED) is 0.685. The van der Waals surface area contributed by atoms with Crippen molar-refractivity contribution in [3.63, 3.8) is 0 Å². The van der Waals surface area contributed by atoms with E-state index in [1.165, 1.54) is 58.2 Å². The molecule has 0 amide bonds. The molecule has 0 unspecified atom stereocenters. The Balaban J connectivity index is 1.74. The summed E-state index contributed by atoms with van der Waals surface area (Å²) in [6.07, 6.45) is 9.02. The molecule has 1 heteroatoms. The highest BCUT2D eigenvalue weighted by molar-refractivity contribution is 4.82. The van der Waals surface area contributed by atoms with E-state index in [0.29, 0.717) is 5.41 Å². The van der Waals surface area contributed by atoms with Gasteiger partial charge >= 0.3 is 0 Å². The lowest BCUT2D eigenvalue weighted by Gasteiger charge is -2.37. The van der Waals surface area contributed by atoms with E-state index in [0.717, 1.165) is 11.8 Å². The molecule has 2 aliphatic rings. The Morgan fingerprint density at radius 3 is 1.88 bits per heavy atom. The normalized spacial score (nSPS) is 26.4. The lowest BCUT2D eigenvalue weighted by Crippen LogP contribution is -2.40. The summed E-state index contributed by atoms with van der Waals surface area (Å²) in [4.78, 5) is 2.69. The summed E-state index contributed by atoms with van der Waals surface area (Å²) < 4.78 is 0. The van der Waals surface area contributed by atoms with Crippen LogP contribution in [0.2, 0.25) is 0 Å². The summed E-state index contributed by atoms with van der Waals surface area (Å²) >= 11 is 0. The molecule has 0 bridgehead atoms. The molecular formula is C15H29N. The van der Waals surface area contributed by atoms with Crippen molar-refractivity contribution in [2.75, 3.05) is 19.6 Å². The predicted molar refractivity (Wildman–Crippen MR) is 70.6 cm³/mol. The first kappa shape index (κ1) is 12.4. The van der Waals surface area contributed by atoms with E-state index in [2.05, 4.69) is 25.7 Å². The predicted octanol–water partition coefficient (Wildman–Crippen LogP) is 3.93. The highest BCUT2D eigenvalue weighted by atomic mass is 15.1. The van der Waals surface area contributed by atoms with Crippen molar-refractivity contribution in [1.82, 2.24) is 4.90 Å². The van der Waals surface area contributed by atoms with Crippen LogP contribution in [-0.2, 0) is 0 Å². The lowest BCUT2D eigenvalue weighted by molar-refractivity contribution is 0.114. The first-order chi connectivity index (χ1) is 7.54. The lowest BCUT2D eigenvalue weighted by atomic mass is 9.82. The Hall–Kier alpha value is -0.0400. The Bertz CT molecular complexity index is 202. The number of hydrogen-bond acceptors (Lipinski definition) is 1. The Kier molecular flexibility index (Phi) is 3.94. The zero-order chi connectivity index (χ0) is 11.6. The van der Waals surface area contributed by atoms with E-state index >= 15 is 0 Å². The maximum Gasteiger partial charge on any atom is 0.00300 e. The van der Waals surface area contributed by atoms with Crippen LogP contribution in [0.4, 0.5) is 0 Å². The van der Waals surface area contributed by atoms with E-state index in [-0.39, 0.29) is 0 Å². The summed E-state index contributed by atoms with van der Waals surface area (Å²) in [7, 11) is 0. The molecule has 1 saturated heterocycles. The van der Waals surface area contributed by atoms with Crippen LogP contribution in [0.5, 0.6) is 0 Å². The van der Waals surface area contributed by atoms with E-state index in [9.17, 15) is 0 Å². The molecule has 0 radical (unpaired) electrons. The van der Waals surface area contributed by atoms with Crippen LogP contribution < -0.4 is 0 Å². The van der Waals surface area contributed by atoms with Gasteiger partial charge in [-0.15, -0.1) is 0 Å². The molecule has 1 nitrogen and oxygen atoms in total. The van der Waals surface area contributed by atoms with Gasteiger partial charge in [0.15, 0.2) is 0 Å². The topological polar surface area (TPSA) is 3.24 Å². The summed E-state index contributed by atoms with van der Waals surface area (Å²) in [6.45, 7) is 11.1. The third kappa shape index (κ3) is 3.48. The van der Waals surface area contributed by atoms with Gasteiger partial charge in [-0.25, -0.2) is 0 Å². The fourth-order valence-corrected chi connectivity index (χ4v) is 3.68. The number of piperidine rings is 1. The smallest absolute Gasteiger partial charge is 0.00300 e. The van der Waals surface area contributed by atoms with E-state index < -0.39 is 0 Å². The van der Waals surface area contributed by atoms with Crippen LogP contribution in [0.3, 0.4) is 0 Å². The van der Waals surface area contributed by atoms with Gasteiger partial charge in [-0.1, -0.05) is 46.5 Å². The van der Waals surface area contributed by atoms with Gasteiger partial charge in [-0.2, -0.15) is 0 Å². The van der Waals surface area contributed by atoms with E-state index in [4.69, 9.17) is 0 Å². The molecule has 16 heavy (non-hydrogen) atoms. The Morgan fingerprint density at radius 2 is 1.38 bits per heavy atom. The highest BCUT2D eigenvalue weighted by Crippen LogP contribution is 2.37. The molecule has 1 aliphatic heterocycles. The largest absolute Gasteiger partial charge is 0.303 e. The zero-order valence-corrected chi connectivity index (χ0v) is 11.5. The number of likely N-dealkylation sites (tertiary alicyclic amines) is 1. The van der Waals surface area contributed by atoms with Crippen LogP contribution in [0.1, 0.15) is 59.3 Å². The second-order valence-corrected chi connectivity index (χ2v) is 7.22. The van der Waals surface area contributed by atoms with Crippen LogP contribution in [0, 0.1) is 17.3 Å². The summed E-state index contributed by atoms with van der Waals surface area (Å²) in [6, 6.07) is 0. The van der Waals surface area contributed by atoms with Crippen LogP contribution in [0.25, 0.3) is 0 Å². The molecule has 1 aliphatic carbocycles. The molecule has 0 aromatic rings. The molecule has 0 spiro atoms. The second kappa shape index (κ2) is 5.08. The van der Waals surface area contributed by atoms with Crippen molar-refractivity contribution in [3.05, 3.63) is 0 Å². The van der Waals surface area contributed by atoms with Crippen molar-refractivity contribution in [2.24, 2.45) is 17.3 Å². The molecule has 1 heterocycles.